The van der Waals surface area contributed by atoms with Gasteiger partial charge in [0.1, 0.15) is 0 Å². The summed E-state index contributed by atoms with van der Waals surface area (Å²) in [6.45, 7) is 1.42. The molecule has 0 saturated carbocycles. The van der Waals surface area contributed by atoms with E-state index in [1.165, 1.54) is 18.4 Å². The summed E-state index contributed by atoms with van der Waals surface area (Å²) < 4.78 is 0. The predicted octanol–water partition coefficient (Wildman–Crippen LogP) is 2.26. The van der Waals surface area contributed by atoms with Gasteiger partial charge < -0.3 is 15.5 Å². The molecular formula is C22H31N3O2. The summed E-state index contributed by atoms with van der Waals surface area (Å²) in [6, 6.07) is 11.7. The number of hydrogen-bond donors (Lipinski definition) is 2. The van der Waals surface area contributed by atoms with Gasteiger partial charge in [0.05, 0.1) is 0 Å². The van der Waals surface area contributed by atoms with Crippen LogP contribution in [0.1, 0.15) is 50.5 Å². The minimum Gasteiger partial charge on any atom is -0.353 e. The topological polar surface area (TPSA) is 61.4 Å². The number of likely N-dealkylation sites (tertiary alicyclic amines) is 1. The van der Waals surface area contributed by atoms with Crippen LogP contribution in [0.4, 0.5) is 0 Å². The first-order chi connectivity index (χ1) is 13.2. The van der Waals surface area contributed by atoms with Crippen LogP contribution in [0.25, 0.3) is 0 Å². The maximum atomic E-state index is 12.7. The largest absolute Gasteiger partial charge is 0.353 e. The highest BCUT2D eigenvalue weighted by molar-refractivity contribution is 5.80. The summed E-state index contributed by atoms with van der Waals surface area (Å²) in [5.41, 5.74) is 1.20. The molecule has 2 N–H and O–H groups in total. The fourth-order valence-corrected chi connectivity index (χ4v) is 4.94. The zero-order chi connectivity index (χ0) is 18.6. The number of aryl methyl sites for hydroxylation is 1. The van der Waals surface area contributed by atoms with E-state index in [1.54, 1.807) is 0 Å². The van der Waals surface area contributed by atoms with Crippen LogP contribution in [0.5, 0.6) is 0 Å². The number of nitrogens with zero attached hydrogens (tertiary/aromatic N) is 1. The molecule has 1 aromatic rings. The van der Waals surface area contributed by atoms with Crippen molar-refractivity contribution in [3.8, 4) is 0 Å². The molecule has 3 aliphatic rings. The average Bonchev–Trinajstić information content (AvgIpc) is 3.05. The Labute approximate surface area is 161 Å². The molecule has 5 nitrogen and oxygen atoms in total. The highest BCUT2D eigenvalue weighted by atomic mass is 16.2. The fraction of sp³-hybridized carbons (Fsp3) is 0.636. The zero-order valence-electron chi connectivity index (χ0n) is 16.0. The molecule has 146 valence electrons. The van der Waals surface area contributed by atoms with E-state index in [1.807, 2.05) is 23.1 Å². The predicted molar refractivity (Wildman–Crippen MR) is 105 cm³/mol. The number of carbonyl (C=O) groups is 2. The number of amides is 2. The molecule has 1 aromatic carbocycles. The average molecular weight is 370 g/mol. The Balaban J connectivity index is 1.19. The smallest absolute Gasteiger partial charge is 0.223 e. The third-order valence-corrected chi connectivity index (χ3v) is 6.51. The van der Waals surface area contributed by atoms with Crippen LogP contribution in [-0.4, -0.2) is 47.9 Å². The van der Waals surface area contributed by atoms with Gasteiger partial charge >= 0.3 is 0 Å². The van der Waals surface area contributed by atoms with Gasteiger partial charge in [0.15, 0.2) is 0 Å². The van der Waals surface area contributed by atoms with Crippen LogP contribution < -0.4 is 10.6 Å². The number of nitrogens with one attached hydrogen (secondary N) is 2. The van der Waals surface area contributed by atoms with Gasteiger partial charge in [-0.1, -0.05) is 30.3 Å². The van der Waals surface area contributed by atoms with Crippen LogP contribution in [0.2, 0.25) is 0 Å². The highest BCUT2D eigenvalue weighted by Crippen LogP contribution is 2.27. The van der Waals surface area contributed by atoms with Crippen molar-refractivity contribution in [3.63, 3.8) is 0 Å². The van der Waals surface area contributed by atoms with Gasteiger partial charge in [0.25, 0.3) is 0 Å². The van der Waals surface area contributed by atoms with E-state index in [0.717, 1.165) is 32.1 Å². The van der Waals surface area contributed by atoms with E-state index in [2.05, 4.69) is 22.8 Å². The first kappa shape index (κ1) is 18.5. The van der Waals surface area contributed by atoms with E-state index >= 15 is 0 Å². The second-order valence-corrected chi connectivity index (χ2v) is 8.46. The minimum absolute atomic E-state index is 0.0655. The van der Waals surface area contributed by atoms with Crippen molar-refractivity contribution in [1.82, 2.24) is 15.5 Å². The van der Waals surface area contributed by atoms with Crippen molar-refractivity contribution in [2.75, 3.05) is 13.1 Å². The molecule has 0 radical (unpaired) electrons. The molecule has 3 aliphatic heterocycles. The molecule has 27 heavy (non-hydrogen) atoms. The summed E-state index contributed by atoms with van der Waals surface area (Å²) in [7, 11) is 0. The van der Waals surface area contributed by atoms with Crippen LogP contribution in [0.3, 0.4) is 0 Å². The maximum Gasteiger partial charge on any atom is 0.223 e. The molecule has 3 fully saturated rings. The number of piperidine rings is 2. The van der Waals surface area contributed by atoms with E-state index in [0.29, 0.717) is 37.6 Å². The summed E-state index contributed by atoms with van der Waals surface area (Å²) >= 11 is 0. The third kappa shape index (κ3) is 4.70. The first-order valence-electron chi connectivity index (χ1n) is 10.6. The molecule has 2 atom stereocenters. The fourth-order valence-electron chi connectivity index (χ4n) is 4.94. The van der Waals surface area contributed by atoms with Crippen LogP contribution in [0.15, 0.2) is 30.3 Å². The number of hydrogen-bond acceptors (Lipinski definition) is 3. The van der Waals surface area contributed by atoms with Gasteiger partial charge in [0.2, 0.25) is 11.8 Å². The van der Waals surface area contributed by atoms with E-state index in [4.69, 9.17) is 0 Å². The normalized spacial score (nSPS) is 28.1. The lowest BCUT2D eigenvalue weighted by molar-refractivity contribution is -0.135. The Morgan fingerprint density at radius 3 is 2.33 bits per heavy atom. The van der Waals surface area contributed by atoms with Gasteiger partial charge in [-0.2, -0.15) is 0 Å². The maximum absolute atomic E-state index is 12.7. The monoisotopic (exact) mass is 369 g/mol. The van der Waals surface area contributed by atoms with Gasteiger partial charge in [0, 0.05) is 43.6 Å². The molecule has 2 unspecified atom stereocenters. The van der Waals surface area contributed by atoms with Crippen molar-refractivity contribution in [2.24, 2.45) is 5.92 Å². The molecular weight excluding hydrogens is 338 g/mol. The third-order valence-electron chi connectivity index (χ3n) is 6.51. The van der Waals surface area contributed by atoms with Gasteiger partial charge in [-0.05, 0) is 50.5 Å². The first-order valence-corrected chi connectivity index (χ1v) is 10.6. The summed E-state index contributed by atoms with van der Waals surface area (Å²) in [4.78, 5) is 27.1. The van der Waals surface area contributed by atoms with Gasteiger partial charge in [-0.25, -0.2) is 0 Å². The molecule has 0 spiro atoms. The number of fused-ring (bicyclic) bond motifs is 2. The van der Waals surface area contributed by atoms with Gasteiger partial charge in [-0.15, -0.1) is 0 Å². The molecule has 0 aliphatic carbocycles. The second kappa shape index (κ2) is 8.42. The summed E-state index contributed by atoms with van der Waals surface area (Å²) in [6.07, 6.45) is 7.57. The molecule has 5 heteroatoms. The quantitative estimate of drug-likeness (QED) is 0.837. The highest BCUT2D eigenvalue weighted by Gasteiger charge is 2.35. The minimum atomic E-state index is 0.0655. The molecule has 3 heterocycles. The molecule has 4 rings (SSSR count). The van der Waals surface area contributed by atoms with Crippen molar-refractivity contribution >= 4 is 11.8 Å². The Kier molecular flexibility index (Phi) is 5.77. The molecule has 3 saturated heterocycles. The second-order valence-electron chi connectivity index (χ2n) is 8.46. The van der Waals surface area contributed by atoms with E-state index in [-0.39, 0.29) is 17.7 Å². The number of rotatable bonds is 5. The molecule has 2 amide bonds. The number of benzene rings is 1. The lowest BCUT2D eigenvalue weighted by Gasteiger charge is -2.34. The van der Waals surface area contributed by atoms with Crippen molar-refractivity contribution < 1.29 is 9.59 Å². The van der Waals surface area contributed by atoms with Crippen LogP contribution in [-0.2, 0) is 16.0 Å². The SMILES string of the molecule is O=C(NC1CC2CCC(C1)N2)C1CCN(C(=O)CCc2ccccc2)CC1. The Bertz CT molecular complexity index is 643. The zero-order valence-corrected chi connectivity index (χ0v) is 16.0. The summed E-state index contributed by atoms with van der Waals surface area (Å²) in [5.74, 6) is 0.487. The Morgan fingerprint density at radius 1 is 1.00 bits per heavy atom. The van der Waals surface area contributed by atoms with Crippen molar-refractivity contribution in [1.29, 1.82) is 0 Å². The lowest BCUT2D eigenvalue weighted by atomic mass is 9.93. The Morgan fingerprint density at radius 2 is 1.67 bits per heavy atom. The molecule has 2 bridgehead atoms. The van der Waals surface area contributed by atoms with Gasteiger partial charge in [-0.3, -0.25) is 9.59 Å². The standard InChI is InChI=1S/C22H31N3O2/c26-21(9-6-16-4-2-1-3-5-16)25-12-10-17(11-13-25)22(27)24-20-14-18-7-8-19(15-20)23-18/h1-5,17-20,23H,6-15H2,(H,24,27). The molecule has 0 aromatic heterocycles. The summed E-state index contributed by atoms with van der Waals surface area (Å²) in [5, 5.41) is 6.92. The lowest BCUT2D eigenvalue weighted by Crippen LogP contribution is -2.50. The van der Waals surface area contributed by atoms with E-state index in [9.17, 15) is 9.59 Å². The van der Waals surface area contributed by atoms with E-state index < -0.39 is 0 Å². The Hall–Kier alpha value is -1.88. The van der Waals surface area contributed by atoms with Crippen LogP contribution in [0, 0.1) is 5.92 Å². The van der Waals surface area contributed by atoms with Crippen molar-refractivity contribution in [2.45, 2.75) is 69.5 Å². The van der Waals surface area contributed by atoms with Crippen molar-refractivity contribution in [3.05, 3.63) is 35.9 Å². The van der Waals surface area contributed by atoms with Crippen LogP contribution >= 0.6 is 0 Å². The number of carbonyl (C=O) groups excluding carboxylic acids is 2.